The number of imidazole rings is 1. The summed E-state index contributed by atoms with van der Waals surface area (Å²) in [5, 5.41) is 10.6. The number of anilines is 1. The van der Waals surface area contributed by atoms with Crippen molar-refractivity contribution in [2.45, 2.75) is 48.9 Å². The van der Waals surface area contributed by atoms with E-state index in [9.17, 15) is 23.7 Å². The summed E-state index contributed by atoms with van der Waals surface area (Å²) in [6.07, 6.45) is -2.49. The van der Waals surface area contributed by atoms with E-state index in [1.165, 1.54) is 12.7 Å². The Morgan fingerprint density at radius 3 is 2.76 bits per heavy atom. The van der Waals surface area contributed by atoms with Gasteiger partial charge in [0.25, 0.3) is 5.56 Å². The topological polar surface area (TPSA) is 274 Å². The number of rotatable bonds is 10. The van der Waals surface area contributed by atoms with Crippen LogP contribution in [0.2, 0.25) is 0 Å². The first-order chi connectivity index (χ1) is 21.7. The maximum Gasteiger partial charge on any atom is 0.469 e. The van der Waals surface area contributed by atoms with Crippen LogP contribution in [0.1, 0.15) is 18.9 Å². The molecule has 0 radical (unpaired) electrons. The molecule has 2 bridgehead atoms. The van der Waals surface area contributed by atoms with Crippen LogP contribution in [0.15, 0.2) is 30.0 Å². The number of phosphoric ester groups is 1. The molecule has 0 amide bonds. The van der Waals surface area contributed by atoms with Gasteiger partial charge in [0.15, 0.2) is 35.4 Å². The fourth-order valence-electron chi connectivity index (χ4n) is 5.76. The highest BCUT2D eigenvalue weighted by Crippen LogP contribution is 2.53. The van der Waals surface area contributed by atoms with Crippen LogP contribution < -0.4 is 11.3 Å². The number of fused-ring (bicyclic) bond motifs is 4. The summed E-state index contributed by atoms with van der Waals surface area (Å²) >= 11 is 5.26. The predicted molar refractivity (Wildman–Crippen MR) is 152 cm³/mol. The average Bonchev–Trinajstić information content (AvgIpc) is 3.80. The maximum atomic E-state index is 14.8. The van der Waals surface area contributed by atoms with E-state index in [1.807, 2.05) is 0 Å². The lowest BCUT2D eigenvalue weighted by Gasteiger charge is -2.32. The highest BCUT2D eigenvalue weighted by atomic mass is 32.5. The zero-order valence-corrected chi connectivity index (χ0v) is 25.7. The van der Waals surface area contributed by atoms with Gasteiger partial charge in [-0.05, 0) is 11.8 Å². The second kappa shape index (κ2) is 11.4. The van der Waals surface area contributed by atoms with Crippen LogP contribution >= 0.6 is 14.5 Å². The van der Waals surface area contributed by atoms with Crippen molar-refractivity contribution in [2.75, 3.05) is 25.6 Å². The van der Waals surface area contributed by atoms with Crippen LogP contribution in [-0.4, -0.2) is 104 Å². The van der Waals surface area contributed by atoms with E-state index in [1.54, 1.807) is 4.57 Å². The molecule has 0 aromatic carbocycles. The number of aliphatic hydroxyl groups excluding tert-OH is 1. The number of nitrogens with zero attached hydrogens (tertiary/aromatic N) is 6. The lowest BCUT2D eigenvalue weighted by Crippen LogP contribution is -2.40. The highest BCUT2D eigenvalue weighted by Gasteiger charge is 2.56. The molecule has 46 heavy (non-hydrogen) atoms. The Kier molecular flexibility index (Phi) is 7.88. The van der Waals surface area contributed by atoms with Gasteiger partial charge in [-0.25, -0.2) is 28.9 Å². The number of aromatic amines is 1. The summed E-state index contributed by atoms with van der Waals surface area (Å²) in [5.41, 5.74) is 4.60. The minimum atomic E-state index is -5.00. The molecule has 0 aliphatic carbocycles. The number of nitrogens with two attached hydrogens (primary N) is 1. The third kappa shape index (κ3) is 5.68. The summed E-state index contributed by atoms with van der Waals surface area (Å²) in [7, 11) is -5.00. The fraction of sp³-hybridized carbons (Fsp3) is 0.500. The number of ether oxygens (including phenoxy) is 3. The third-order valence-electron chi connectivity index (χ3n) is 7.79. The molecule has 0 saturated carbocycles. The number of aliphatic hydroxyl groups is 1. The Hall–Kier alpha value is -2.82. The summed E-state index contributed by atoms with van der Waals surface area (Å²) in [4.78, 5) is 60.3. The predicted octanol–water partition coefficient (Wildman–Crippen LogP) is -0.671. The molecule has 248 valence electrons. The largest absolute Gasteiger partial charge is 0.469 e. The van der Waals surface area contributed by atoms with Gasteiger partial charge in [-0.3, -0.25) is 18.4 Å². The van der Waals surface area contributed by atoms with Crippen molar-refractivity contribution in [3.63, 3.8) is 0 Å². The minimum absolute atomic E-state index is 0.0850. The SMILES string of the molecule is Nc1ncnc2c1ncn2[C@@H]1OC2(COP(O)(=S)O[C@@H]3[C@H](O)[C@@H](COP(=O)(O)O)O[C@H]3n3cc(F)c4c(=O)[nH]cnc43)CO[C@@H]1C2. The van der Waals surface area contributed by atoms with Gasteiger partial charge in [0, 0.05) is 12.6 Å². The summed E-state index contributed by atoms with van der Waals surface area (Å²) in [6.45, 7) is -5.34. The lowest BCUT2D eigenvalue weighted by molar-refractivity contribution is -0.181. The van der Waals surface area contributed by atoms with Gasteiger partial charge in [-0.1, -0.05) is 0 Å². The Labute approximate surface area is 260 Å². The van der Waals surface area contributed by atoms with E-state index < -0.39 is 80.4 Å². The molecule has 7 heterocycles. The zero-order valence-electron chi connectivity index (χ0n) is 23.1. The molecular weight excluding hydrogens is 681 g/mol. The number of H-pyrrole nitrogens is 1. The lowest BCUT2D eigenvalue weighted by atomic mass is 10.0. The van der Waals surface area contributed by atoms with Crippen molar-refractivity contribution in [1.82, 2.24) is 34.1 Å². The van der Waals surface area contributed by atoms with E-state index in [0.29, 0.717) is 17.6 Å². The molecule has 4 aromatic heterocycles. The van der Waals surface area contributed by atoms with E-state index in [0.717, 1.165) is 17.1 Å². The number of hydrogen-bond acceptors (Lipinski definition) is 15. The standard InChI is InChI=1S/C22H25FN8O12P2S/c23-9-2-30(17-12(9)19(33)28-7-26-17)21-15(14(32)11(41-21)3-39-44(34,35)36)43-45(37,46)40-5-22-1-10(38-4-22)20(42-22)31-8-29-13-16(24)25-6-27-18(13)31/h2,6-8,10-11,14-15,20-21,32H,1,3-5H2,(H,37,46)(H2,24,25,27)(H,26,28,33)(H2,34,35,36)/t10-,11-,14-,15-,20-,21-,22?,45?/m1/s1. The second-order valence-electron chi connectivity index (χ2n) is 10.8. The number of halogens is 1. The van der Waals surface area contributed by atoms with Crippen LogP contribution in [-0.2, 0) is 44.2 Å². The molecule has 7 rings (SSSR count). The quantitative estimate of drug-likeness (QED) is 0.112. The molecule has 8 atom stereocenters. The van der Waals surface area contributed by atoms with Crippen LogP contribution in [0.3, 0.4) is 0 Å². The van der Waals surface area contributed by atoms with Crippen molar-refractivity contribution in [1.29, 1.82) is 0 Å². The number of aromatic nitrogens is 7. The molecule has 2 unspecified atom stereocenters. The number of nitrogen functional groups attached to an aromatic ring is 1. The first kappa shape index (κ1) is 31.8. The Bertz CT molecular complexity index is 1970. The van der Waals surface area contributed by atoms with Crippen LogP contribution in [0.5, 0.6) is 0 Å². The van der Waals surface area contributed by atoms with Crippen molar-refractivity contribution in [2.24, 2.45) is 0 Å². The van der Waals surface area contributed by atoms with E-state index in [-0.39, 0.29) is 24.7 Å². The van der Waals surface area contributed by atoms with E-state index in [4.69, 9.17) is 50.6 Å². The zero-order chi connectivity index (χ0) is 32.6. The van der Waals surface area contributed by atoms with Gasteiger partial charge in [0.05, 0.1) is 32.5 Å². The molecule has 20 nitrogen and oxygen atoms in total. The number of phosphoric acid groups is 1. The molecule has 0 spiro atoms. The molecule has 3 saturated heterocycles. The van der Waals surface area contributed by atoms with Gasteiger partial charge in [-0.15, -0.1) is 0 Å². The number of nitrogens with one attached hydrogen (secondary N) is 1. The Balaban J connectivity index is 1.11. The van der Waals surface area contributed by atoms with Gasteiger partial charge in [-0.2, -0.15) is 0 Å². The van der Waals surface area contributed by atoms with Crippen molar-refractivity contribution < 1.29 is 56.5 Å². The van der Waals surface area contributed by atoms with Gasteiger partial charge in [0.1, 0.15) is 47.2 Å². The average molecular weight is 706 g/mol. The molecule has 24 heteroatoms. The van der Waals surface area contributed by atoms with Crippen molar-refractivity contribution >= 4 is 54.4 Å². The van der Waals surface area contributed by atoms with Gasteiger partial charge >= 0.3 is 14.5 Å². The first-order valence-electron chi connectivity index (χ1n) is 13.4. The monoisotopic (exact) mass is 706 g/mol. The molecule has 3 aliphatic heterocycles. The van der Waals surface area contributed by atoms with Crippen molar-refractivity contribution in [3.05, 3.63) is 41.3 Å². The Morgan fingerprint density at radius 2 is 1.98 bits per heavy atom. The maximum absolute atomic E-state index is 14.8. The normalized spacial score (nSPS) is 30.9. The molecule has 3 fully saturated rings. The number of hydrogen-bond donors (Lipinski definition) is 6. The van der Waals surface area contributed by atoms with Gasteiger partial charge < -0.3 is 53.8 Å². The van der Waals surface area contributed by atoms with Crippen molar-refractivity contribution in [3.8, 4) is 0 Å². The van der Waals surface area contributed by atoms with Crippen LogP contribution in [0, 0.1) is 5.82 Å². The first-order valence-corrected chi connectivity index (χ1v) is 17.5. The van der Waals surface area contributed by atoms with Gasteiger partial charge in [0.2, 0.25) is 0 Å². The van der Waals surface area contributed by atoms with Crippen LogP contribution in [0.25, 0.3) is 22.2 Å². The fourth-order valence-corrected chi connectivity index (χ4v) is 7.55. The Morgan fingerprint density at radius 1 is 1.17 bits per heavy atom. The minimum Gasteiger partial charge on any atom is -0.387 e. The summed E-state index contributed by atoms with van der Waals surface area (Å²) in [5.74, 6) is -0.799. The third-order valence-corrected chi connectivity index (χ3v) is 9.82. The summed E-state index contributed by atoms with van der Waals surface area (Å²) in [6, 6.07) is 0. The molecule has 4 aromatic rings. The van der Waals surface area contributed by atoms with E-state index >= 15 is 0 Å². The molecule has 7 N–H and O–H groups in total. The van der Waals surface area contributed by atoms with E-state index in [2.05, 4.69) is 29.4 Å². The molecule has 3 aliphatic rings. The smallest absolute Gasteiger partial charge is 0.387 e. The van der Waals surface area contributed by atoms with Crippen LogP contribution in [0.4, 0.5) is 10.2 Å². The highest BCUT2D eigenvalue weighted by molar-refractivity contribution is 8.07. The molecular formula is C22H25FN8O12P2S. The second-order valence-corrected chi connectivity index (χ2v) is 14.8. The summed E-state index contributed by atoms with van der Waals surface area (Å²) < 4.78 is 62.5.